The summed E-state index contributed by atoms with van der Waals surface area (Å²) in [4.78, 5) is 12.5. The fourth-order valence-electron chi connectivity index (χ4n) is 2.68. The van der Waals surface area contributed by atoms with Crippen LogP contribution in [0, 0.1) is 0 Å². The number of anilines is 1. The number of methoxy groups -OCH3 is 1. The molecule has 1 aromatic heterocycles. The SMILES string of the molecule is COc1ccc(C(=O)C[n+]2cc(-c3cccc(Br)c3)n(C)c2N)cc1. The molecule has 0 saturated carbocycles. The number of ketones is 1. The largest absolute Gasteiger partial charge is 0.497 e. The number of aromatic nitrogens is 2. The van der Waals surface area contributed by atoms with E-state index >= 15 is 0 Å². The molecule has 6 heteroatoms. The molecular formula is C19H19BrN3O2+. The van der Waals surface area contributed by atoms with E-state index in [1.165, 1.54) is 0 Å². The van der Waals surface area contributed by atoms with E-state index in [4.69, 9.17) is 10.5 Å². The van der Waals surface area contributed by atoms with E-state index in [-0.39, 0.29) is 12.3 Å². The molecule has 0 spiro atoms. The van der Waals surface area contributed by atoms with Gasteiger partial charge in [-0.1, -0.05) is 28.1 Å². The molecule has 0 aliphatic rings. The first kappa shape index (κ1) is 17.2. The lowest BCUT2D eigenvalue weighted by atomic mass is 10.1. The van der Waals surface area contributed by atoms with Crippen LogP contribution in [0.25, 0.3) is 11.3 Å². The van der Waals surface area contributed by atoms with Crippen LogP contribution in [0.4, 0.5) is 5.95 Å². The summed E-state index contributed by atoms with van der Waals surface area (Å²) in [6.07, 6.45) is 1.90. The average Bonchev–Trinajstić information content (AvgIpc) is 2.90. The number of nitrogens with zero attached hydrogens (tertiary/aromatic N) is 2. The van der Waals surface area contributed by atoms with Crippen LogP contribution in [0.3, 0.4) is 0 Å². The Morgan fingerprint density at radius 3 is 2.60 bits per heavy atom. The van der Waals surface area contributed by atoms with Gasteiger partial charge in [0, 0.05) is 15.6 Å². The van der Waals surface area contributed by atoms with E-state index in [1.54, 1.807) is 35.9 Å². The molecule has 3 rings (SSSR count). The number of rotatable bonds is 5. The number of carbonyl (C=O) groups is 1. The van der Waals surface area contributed by atoms with E-state index < -0.39 is 0 Å². The number of ether oxygens (including phenoxy) is 1. The molecule has 0 aliphatic carbocycles. The van der Waals surface area contributed by atoms with Gasteiger partial charge in [-0.25, -0.2) is 9.13 Å². The van der Waals surface area contributed by atoms with Crippen LogP contribution >= 0.6 is 15.9 Å². The Morgan fingerprint density at radius 2 is 1.96 bits per heavy atom. The number of hydrogen-bond acceptors (Lipinski definition) is 3. The second-order valence-corrected chi connectivity index (χ2v) is 6.64. The maximum Gasteiger partial charge on any atom is 0.355 e. The lowest BCUT2D eigenvalue weighted by molar-refractivity contribution is -0.667. The van der Waals surface area contributed by atoms with Crippen LogP contribution in [0.15, 0.2) is 59.2 Å². The Morgan fingerprint density at radius 1 is 1.24 bits per heavy atom. The first-order valence-corrected chi connectivity index (χ1v) is 8.56. The molecular weight excluding hydrogens is 382 g/mol. The number of hydrogen-bond donors (Lipinski definition) is 1. The normalized spacial score (nSPS) is 10.7. The van der Waals surface area contributed by atoms with Gasteiger partial charge in [0.05, 0.1) is 14.2 Å². The molecule has 0 saturated heterocycles. The summed E-state index contributed by atoms with van der Waals surface area (Å²) in [7, 11) is 3.49. The Bertz CT molecular complexity index is 917. The minimum Gasteiger partial charge on any atom is -0.497 e. The second kappa shape index (κ2) is 7.11. The fraction of sp³-hybridized carbons (Fsp3) is 0.158. The van der Waals surface area contributed by atoms with E-state index in [0.29, 0.717) is 11.5 Å². The third-order valence-electron chi connectivity index (χ3n) is 4.12. The van der Waals surface area contributed by atoms with Crippen molar-refractivity contribution in [3.63, 3.8) is 0 Å². The van der Waals surface area contributed by atoms with Crippen molar-refractivity contribution in [1.82, 2.24) is 4.57 Å². The van der Waals surface area contributed by atoms with Gasteiger partial charge in [-0.2, -0.15) is 0 Å². The highest BCUT2D eigenvalue weighted by Crippen LogP contribution is 2.23. The van der Waals surface area contributed by atoms with Gasteiger partial charge in [-0.15, -0.1) is 0 Å². The maximum absolute atomic E-state index is 12.5. The third-order valence-corrected chi connectivity index (χ3v) is 4.62. The van der Waals surface area contributed by atoms with E-state index in [1.807, 2.05) is 42.1 Å². The molecule has 0 aliphatic heterocycles. The second-order valence-electron chi connectivity index (χ2n) is 5.72. The minimum atomic E-state index is -0.00857. The molecule has 5 nitrogen and oxygen atoms in total. The zero-order valence-corrected chi connectivity index (χ0v) is 15.7. The summed E-state index contributed by atoms with van der Waals surface area (Å²) in [5.41, 5.74) is 8.79. The Kier molecular flexibility index (Phi) is 4.90. The summed E-state index contributed by atoms with van der Waals surface area (Å²) in [5, 5.41) is 0. The molecule has 128 valence electrons. The lowest BCUT2D eigenvalue weighted by Gasteiger charge is -2.02. The quantitative estimate of drug-likeness (QED) is 0.528. The highest BCUT2D eigenvalue weighted by atomic mass is 79.9. The third kappa shape index (κ3) is 3.58. The Labute approximate surface area is 154 Å². The maximum atomic E-state index is 12.5. The summed E-state index contributed by atoms with van der Waals surface area (Å²) in [6.45, 7) is 0.181. The molecule has 0 atom stereocenters. The summed E-state index contributed by atoms with van der Waals surface area (Å²) in [5.74, 6) is 1.24. The zero-order valence-electron chi connectivity index (χ0n) is 14.1. The highest BCUT2D eigenvalue weighted by molar-refractivity contribution is 9.10. The van der Waals surface area contributed by atoms with Crippen LogP contribution in [-0.4, -0.2) is 17.5 Å². The number of nitrogens with two attached hydrogens (primary N) is 1. The van der Waals surface area contributed by atoms with Crippen LogP contribution < -0.4 is 15.0 Å². The predicted molar refractivity (Wildman–Crippen MR) is 100 cm³/mol. The first-order valence-electron chi connectivity index (χ1n) is 7.77. The monoisotopic (exact) mass is 400 g/mol. The van der Waals surface area contributed by atoms with Crippen LogP contribution in [0.2, 0.25) is 0 Å². The number of halogens is 1. The number of nitrogen functional groups attached to an aromatic ring is 1. The number of carbonyl (C=O) groups excluding carboxylic acids is 1. The summed E-state index contributed by atoms with van der Waals surface area (Å²) >= 11 is 3.48. The molecule has 0 radical (unpaired) electrons. The van der Waals surface area contributed by atoms with E-state index in [2.05, 4.69) is 15.9 Å². The summed E-state index contributed by atoms with van der Waals surface area (Å²) < 4.78 is 9.76. The van der Waals surface area contributed by atoms with E-state index in [0.717, 1.165) is 21.5 Å². The minimum absolute atomic E-state index is 0.00857. The van der Waals surface area contributed by atoms with Crippen molar-refractivity contribution in [3.8, 4) is 17.0 Å². The molecule has 0 bridgehead atoms. The fourth-order valence-corrected chi connectivity index (χ4v) is 3.08. The van der Waals surface area contributed by atoms with Gasteiger partial charge in [-0.05, 0) is 36.4 Å². The van der Waals surface area contributed by atoms with Gasteiger partial charge < -0.3 is 4.74 Å². The van der Waals surface area contributed by atoms with Crippen molar-refractivity contribution in [2.45, 2.75) is 6.54 Å². The topological polar surface area (TPSA) is 61.1 Å². The van der Waals surface area contributed by atoms with Crippen molar-refractivity contribution < 1.29 is 14.1 Å². The molecule has 2 aromatic carbocycles. The zero-order chi connectivity index (χ0) is 18.0. The van der Waals surface area contributed by atoms with Crippen molar-refractivity contribution in [1.29, 1.82) is 0 Å². The Hall–Kier alpha value is -2.60. The van der Waals surface area contributed by atoms with Crippen LogP contribution in [0.5, 0.6) is 5.75 Å². The average molecular weight is 401 g/mol. The van der Waals surface area contributed by atoms with Crippen LogP contribution in [-0.2, 0) is 13.6 Å². The molecule has 2 N–H and O–H groups in total. The summed E-state index contributed by atoms with van der Waals surface area (Å²) in [6, 6.07) is 15.0. The molecule has 1 heterocycles. The van der Waals surface area contributed by atoms with Gasteiger partial charge >= 0.3 is 5.95 Å². The predicted octanol–water partition coefficient (Wildman–Crippen LogP) is 3.22. The number of benzene rings is 2. The van der Waals surface area contributed by atoms with Gasteiger partial charge in [0.1, 0.15) is 24.2 Å². The van der Waals surface area contributed by atoms with Crippen molar-refractivity contribution in [2.75, 3.05) is 12.8 Å². The van der Waals surface area contributed by atoms with Crippen molar-refractivity contribution in [2.24, 2.45) is 7.05 Å². The molecule has 0 unspecified atom stereocenters. The molecule has 25 heavy (non-hydrogen) atoms. The van der Waals surface area contributed by atoms with E-state index in [9.17, 15) is 4.79 Å². The number of imidazole rings is 1. The molecule has 0 amide bonds. The van der Waals surface area contributed by atoms with Gasteiger partial charge in [0.15, 0.2) is 5.78 Å². The van der Waals surface area contributed by atoms with Crippen LogP contribution in [0.1, 0.15) is 10.4 Å². The lowest BCUT2D eigenvalue weighted by Crippen LogP contribution is -2.39. The van der Waals surface area contributed by atoms with Crippen molar-refractivity contribution >= 4 is 27.7 Å². The smallest absolute Gasteiger partial charge is 0.355 e. The number of Topliss-reactive ketones (excluding diaryl/α,β-unsaturated/α-hetero) is 1. The van der Waals surface area contributed by atoms with Gasteiger partial charge in [-0.3, -0.25) is 10.5 Å². The molecule has 0 fully saturated rings. The van der Waals surface area contributed by atoms with Crippen molar-refractivity contribution in [3.05, 3.63) is 64.8 Å². The molecule has 3 aromatic rings. The standard InChI is InChI=1S/C19H18BrN3O2/c1-22-17(14-4-3-5-15(20)10-14)11-23(19(22)21)12-18(24)13-6-8-16(25-2)9-7-13/h3-11,21H,12H2,1-2H3/p+1. The van der Waals surface area contributed by atoms with Gasteiger partial charge in [0.25, 0.3) is 0 Å². The van der Waals surface area contributed by atoms with Gasteiger partial charge in [0.2, 0.25) is 0 Å². The Balaban J connectivity index is 1.88. The highest BCUT2D eigenvalue weighted by Gasteiger charge is 2.20. The first-order chi connectivity index (χ1) is 12.0.